The van der Waals surface area contributed by atoms with Crippen LogP contribution in [-0.4, -0.2) is 48.2 Å². The van der Waals surface area contributed by atoms with Crippen LogP contribution in [0.2, 0.25) is 0 Å². The van der Waals surface area contributed by atoms with Crippen molar-refractivity contribution in [3.63, 3.8) is 0 Å². The first-order valence-electron chi connectivity index (χ1n) is 10.4. The van der Waals surface area contributed by atoms with Gasteiger partial charge in [0.15, 0.2) is 0 Å². The van der Waals surface area contributed by atoms with Gasteiger partial charge in [-0.2, -0.15) is 0 Å². The summed E-state index contributed by atoms with van der Waals surface area (Å²) in [5.74, 6) is 1.35. The molecule has 0 saturated carbocycles. The molecule has 1 aromatic heterocycles. The van der Waals surface area contributed by atoms with Gasteiger partial charge in [0.1, 0.15) is 12.1 Å². The van der Waals surface area contributed by atoms with E-state index in [1.54, 1.807) is 7.11 Å². The highest BCUT2D eigenvalue weighted by Crippen LogP contribution is 2.35. The van der Waals surface area contributed by atoms with E-state index < -0.39 is 4.92 Å². The summed E-state index contributed by atoms with van der Waals surface area (Å²) in [6, 6.07) is 13.8. The van der Waals surface area contributed by atoms with Crippen LogP contribution in [0.1, 0.15) is 11.1 Å². The van der Waals surface area contributed by atoms with E-state index >= 15 is 0 Å². The molecule has 0 unspecified atom stereocenters. The van der Waals surface area contributed by atoms with Crippen molar-refractivity contribution in [3.05, 3.63) is 70.0 Å². The molecule has 0 radical (unpaired) electrons. The summed E-state index contributed by atoms with van der Waals surface area (Å²) in [6.07, 6.45) is 1.38. The third-order valence-corrected chi connectivity index (χ3v) is 5.65. The number of nitro groups is 1. The molecule has 166 valence electrons. The fourth-order valence-corrected chi connectivity index (χ4v) is 3.83. The molecule has 0 bridgehead atoms. The van der Waals surface area contributed by atoms with E-state index in [-0.39, 0.29) is 11.5 Å². The predicted octanol–water partition coefficient (Wildman–Crippen LogP) is 4.08. The summed E-state index contributed by atoms with van der Waals surface area (Å²) in [7, 11) is 1.64. The SMILES string of the molecule is COc1ccc(N2CCN(c3ncnc(Nc4cc(C)ccc4C)c3[N+](=O)[O-])CC2)cc1. The highest BCUT2D eigenvalue weighted by Gasteiger charge is 2.29. The monoisotopic (exact) mass is 434 g/mol. The zero-order valence-electron chi connectivity index (χ0n) is 18.4. The second-order valence-corrected chi connectivity index (χ2v) is 7.77. The van der Waals surface area contributed by atoms with E-state index in [0.717, 1.165) is 41.3 Å². The van der Waals surface area contributed by atoms with Crippen molar-refractivity contribution < 1.29 is 9.66 Å². The number of anilines is 4. The lowest BCUT2D eigenvalue weighted by Crippen LogP contribution is -2.47. The first-order chi connectivity index (χ1) is 15.5. The number of piperazine rings is 1. The Bertz CT molecular complexity index is 1110. The molecule has 1 N–H and O–H groups in total. The van der Waals surface area contributed by atoms with E-state index in [1.807, 2.05) is 61.2 Å². The predicted molar refractivity (Wildman–Crippen MR) is 125 cm³/mol. The van der Waals surface area contributed by atoms with Crippen molar-refractivity contribution in [1.29, 1.82) is 0 Å². The fraction of sp³-hybridized carbons (Fsp3) is 0.304. The van der Waals surface area contributed by atoms with Crippen LogP contribution in [-0.2, 0) is 0 Å². The number of hydrogen-bond donors (Lipinski definition) is 1. The smallest absolute Gasteiger partial charge is 0.353 e. The van der Waals surface area contributed by atoms with Gasteiger partial charge in [-0.25, -0.2) is 9.97 Å². The average Bonchev–Trinajstić information content (AvgIpc) is 2.81. The van der Waals surface area contributed by atoms with Gasteiger partial charge in [-0.3, -0.25) is 10.1 Å². The van der Waals surface area contributed by atoms with Crippen LogP contribution in [0.5, 0.6) is 5.75 Å². The minimum Gasteiger partial charge on any atom is -0.497 e. The first kappa shape index (κ1) is 21.4. The molecule has 32 heavy (non-hydrogen) atoms. The fourth-order valence-electron chi connectivity index (χ4n) is 3.83. The molecule has 2 aromatic carbocycles. The van der Waals surface area contributed by atoms with E-state index in [4.69, 9.17) is 4.74 Å². The molecule has 1 fully saturated rings. The van der Waals surface area contributed by atoms with Crippen LogP contribution < -0.4 is 19.9 Å². The van der Waals surface area contributed by atoms with Gasteiger partial charge in [-0.15, -0.1) is 0 Å². The molecule has 0 spiro atoms. The number of methoxy groups -OCH3 is 1. The summed E-state index contributed by atoms with van der Waals surface area (Å²) < 4.78 is 5.22. The average molecular weight is 435 g/mol. The molecule has 4 rings (SSSR count). The Balaban J connectivity index is 1.55. The van der Waals surface area contributed by atoms with Gasteiger partial charge >= 0.3 is 5.69 Å². The van der Waals surface area contributed by atoms with Crippen LogP contribution >= 0.6 is 0 Å². The van der Waals surface area contributed by atoms with Crippen molar-refractivity contribution in [2.75, 3.05) is 48.4 Å². The second-order valence-electron chi connectivity index (χ2n) is 7.77. The summed E-state index contributed by atoms with van der Waals surface area (Å²) in [4.78, 5) is 24.3. The van der Waals surface area contributed by atoms with Crippen LogP contribution in [0.3, 0.4) is 0 Å². The van der Waals surface area contributed by atoms with Crippen molar-refractivity contribution >= 4 is 28.7 Å². The molecule has 0 aliphatic carbocycles. The van der Waals surface area contributed by atoms with E-state index in [9.17, 15) is 10.1 Å². The second kappa shape index (κ2) is 9.09. The van der Waals surface area contributed by atoms with Crippen LogP contribution in [0.4, 0.5) is 28.7 Å². The number of nitrogens with zero attached hydrogens (tertiary/aromatic N) is 5. The normalized spacial score (nSPS) is 13.7. The Morgan fingerprint density at radius 1 is 1.00 bits per heavy atom. The van der Waals surface area contributed by atoms with E-state index in [2.05, 4.69) is 20.2 Å². The zero-order chi connectivity index (χ0) is 22.7. The van der Waals surface area contributed by atoms with E-state index in [1.165, 1.54) is 6.33 Å². The maximum atomic E-state index is 12.0. The molecule has 0 amide bonds. The summed E-state index contributed by atoms with van der Waals surface area (Å²) in [6.45, 7) is 6.63. The first-order valence-corrected chi connectivity index (χ1v) is 10.4. The lowest BCUT2D eigenvalue weighted by atomic mass is 10.1. The van der Waals surface area contributed by atoms with Crippen molar-refractivity contribution in [3.8, 4) is 5.75 Å². The maximum Gasteiger partial charge on any atom is 0.353 e. The molecule has 1 aliphatic heterocycles. The van der Waals surface area contributed by atoms with Crippen molar-refractivity contribution in [2.45, 2.75) is 13.8 Å². The minimum absolute atomic E-state index is 0.105. The quantitative estimate of drug-likeness (QED) is 0.458. The molecule has 3 aromatic rings. The van der Waals surface area contributed by atoms with Gasteiger partial charge in [0.05, 0.1) is 12.0 Å². The van der Waals surface area contributed by atoms with Gasteiger partial charge in [-0.05, 0) is 55.3 Å². The molecule has 1 aliphatic rings. The summed E-state index contributed by atoms with van der Waals surface area (Å²) >= 11 is 0. The third kappa shape index (κ3) is 4.41. The lowest BCUT2D eigenvalue weighted by Gasteiger charge is -2.36. The Labute approximate surface area is 186 Å². The number of rotatable bonds is 6. The van der Waals surface area contributed by atoms with Gasteiger partial charge in [0, 0.05) is 37.6 Å². The summed E-state index contributed by atoms with van der Waals surface area (Å²) in [5.41, 5.74) is 3.83. The summed E-state index contributed by atoms with van der Waals surface area (Å²) in [5, 5.41) is 15.2. The molecule has 2 heterocycles. The van der Waals surface area contributed by atoms with Crippen molar-refractivity contribution in [1.82, 2.24) is 9.97 Å². The van der Waals surface area contributed by atoms with Gasteiger partial charge in [0.2, 0.25) is 11.6 Å². The van der Waals surface area contributed by atoms with Crippen LogP contribution in [0.15, 0.2) is 48.8 Å². The number of hydrogen-bond acceptors (Lipinski definition) is 8. The molecular weight excluding hydrogens is 408 g/mol. The number of nitrogens with one attached hydrogen (secondary N) is 1. The molecular formula is C23H26N6O3. The standard InChI is InChI=1S/C23H26N6O3/c1-16-4-5-17(2)20(14-16)26-22-21(29(30)31)23(25-15-24-22)28-12-10-27(11-13-28)18-6-8-19(32-3)9-7-18/h4-9,14-15H,10-13H2,1-3H3,(H,24,25,26). The van der Waals surface area contributed by atoms with Gasteiger partial charge in [-0.1, -0.05) is 12.1 Å². The van der Waals surface area contributed by atoms with Gasteiger partial charge < -0.3 is 19.9 Å². The molecule has 0 atom stereocenters. The molecule has 9 nitrogen and oxygen atoms in total. The van der Waals surface area contributed by atoms with Crippen molar-refractivity contribution in [2.24, 2.45) is 0 Å². The Kier molecular flexibility index (Phi) is 6.07. The highest BCUT2D eigenvalue weighted by atomic mass is 16.6. The zero-order valence-corrected chi connectivity index (χ0v) is 18.4. The van der Waals surface area contributed by atoms with Crippen LogP contribution in [0, 0.1) is 24.0 Å². The number of benzene rings is 2. The minimum atomic E-state index is -0.404. The lowest BCUT2D eigenvalue weighted by molar-refractivity contribution is -0.383. The van der Waals surface area contributed by atoms with Crippen LogP contribution in [0.25, 0.3) is 0 Å². The van der Waals surface area contributed by atoms with E-state index in [0.29, 0.717) is 18.9 Å². The topological polar surface area (TPSA) is 96.7 Å². The van der Waals surface area contributed by atoms with Gasteiger partial charge in [0.25, 0.3) is 0 Å². The number of aryl methyl sites for hydroxylation is 2. The number of ether oxygens (including phenoxy) is 1. The largest absolute Gasteiger partial charge is 0.497 e. The Hall–Kier alpha value is -3.88. The number of aromatic nitrogens is 2. The highest BCUT2D eigenvalue weighted by molar-refractivity contribution is 5.75. The molecule has 1 saturated heterocycles. The Morgan fingerprint density at radius 2 is 1.69 bits per heavy atom. The third-order valence-electron chi connectivity index (χ3n) is 5.65. The molecule has 9 heteroatoms. The Morgan fingerprint density at radius 3 is 2.34 bits per heavy atom. The maximum absolute atomic E-state index is 12.0.